The van der Waals surface area contributed by atoms with Gasteiger partial charge in [0.05, 0.1) is 37.8 Å². The molecule has 1 atom stereocenters. The predicted octanol–water partition coefficient (Wildman–Crippen LogP) is 0.916. The SMILES string of the molecule is Cn1c(-c2ccc(N3CCOCC3)cc2)cnc1[C@@H](N)CO. The average molecular weight is 302 g/mol. The third kappa shape index (κ3) is 2.85. The number of imidazole rings is 1. The quantitative estimate of drug-likeness (QED) is 0.878. The van der Waals surface area contributed by atoms with Crippen LogP contribution in [-0.2, 0) is 11.8 Å². The molecule has 0 spiro atoms. The summed E-state index contributed by atoms with van der Waals surface area (Å²) in [6, 6.07) is 7.98. The Bertz CT molecular complexity index is 618. The van der Waals surface area contributed by atoms with Gasteiger partial charge in [0.2, 0.25) is 0 Å². The summed E-state index contributed by atoms with van der Waals surface area (Å²) in [6.45, 7) is 3.32. The van der Waals surface area contributed by atoms with Crippen LogP contribution < -0.4 is 10.6 Å². The molecule has 0 aliphatic carbocycles. The van der Waals surface area contributed by atoms with Crippen molar-refractivity contribution in [3.63, 3.8) is 0 Å². The lowest BCUT2D eigenvalue weighted by atomic mass is 10.1. The first kappa shape index (κ1) is 15.0. The van der Waals surface area contributed by atoms with Crippen LogP contribution in [0.4, 0.5) is 5.69 Å². The summed E-state index contributed by atoms with van der Waals surface area (Å²) in [5.74, 6) is 0.690. The number of rotatable bonds is 4. The van der Waals surface area contributed by atoms with Crippen LogP contribution in [0, 0.1) is 0 Å². The fraction of sp³-hybridized carbons (Fsp3) is 0.438. The molecule has 0 radical (unpaired) electrons. The van der Waals surface area contributed by atoms with Crippen LogP contribution in [0.1, 0.15) is 11.9 Å². The highest BCUT2D eigenvalue weighted by Gasteiger charge is 2.15. The van der Waals surface area contributed by atoms with Gasteiger partial charge in [-0.15, -0.1) is 0 Å². The Morgan fingerprint density at radius 3 is 2.59 bits per heavy atom. The number of hydrogen-bond acceptors (Lipinski definition) is 5. The molecule has 3 rings (SSSR count). The van der Waals surface area contributed by atoms with Crippen molar-refractivity contribution in [3.05, 3.63) is 36.3 Å². The number of ether oxygens (including phenoxy) is 1. The van der Waals surface area contributed by atoms with Crippen LogP contribution in [0.15, 0.2) is 30.5 Å². The first-order valence-corrected chi connectivity index (χ1v) is 7.52. The molecule has 1 saturated heterocycles. The monoisotopic (exact) mass is 302 g/mol. The van der Waals surface area contributed by atoms with E-state index in [0.717, 1.165) is 37.6 Å². The van der Waals surface area contributed by atoms with Crippen molar-refractivity contribution in [1.82, 2.24) is 9.55 Å². The van der Waals surface area contributed by atoms with Crippen molar-refractivity contribution in [1.29, 1.82) is 0 Å². The van der Waals surface area contributed by atoms with E-state index in [9.17, 15) is 5.11 Å². The van der Waals surface area contributed by atoms with Crippen LogP contribution in [0.2, 0.25) is 0 Å². The lowest BCUT2D eigenvalue weighted by Gasteiger charge is -2.28. The molecule has 6 nitrogen and oxygen atoms in total. The molecule has 1 aromatic carbocycles. The van der Waals surface area contributed by atoms with Crippen molar-refractivity contribution in [2.75, 3.05) is 37.8 Å². The molecular formula is C16H22N4O2. The minimum absolute atomic E-state index is 0.111. The molecule has 2 heterocycles. The molecule has 0 amide bonds. The van der Waals surface area contributed by atoms with Gasteiger partial charge >= 0.3 is 0 Å². The van der Waals surface area contributed by atoms with Crippen LogP contribution in [0.3, 0.4) is 0 Å². The van der Waals surface area contributed by atoms with Gasteiger partial charge in [-0.3, -0.25) is 0 Å². The van der Waals surface area contributed by atoms with E-state index in [1.165, 1.54) is 5.69 Å². The third-order valence-corrected chi connectivity index (χ3v) is 4.09. The topological polar surface area (TPSA) is 76.5 Å². The maximum atomic E-state index is 9.18. The summed E-state index contributed by atoms with van der Waals surface area (Å²) >= 11 is 0. The van der Waals surface area contributed by atoms with E-state index >= 15 is 0 Å². The zero-order valence-corrected chi connectivity index (χ0v) is 12.8. The highest BCUT2D eigenvalue weighted by atomic mass is 16.5. The summed E-state index contributed by atoms with van der Waals surface area (Å²) in [5.41, 5.74) is 9.15. The van der Waals surface area contributed by atoms with E-state index in [1.807, 2.05) is 11.6 Å². The molecule has 3 N–H and O–H groups in total. The van der Waals surface area contributed by atoms with Gasteiger partial charge in [-0.1, -0.05) is 12.1 Å². The van der Waals surface area contributed by atoms with Gasteiger partial charge in [-0.25, -0.2) is 4.98 Å². The Morgan fingerprint density at radius 1 is 1.27 bits per heavy atom. The predicted molar refractivity (Wildman–Crippen MR) is 85.7 cm³/mol. The second kappa shape index (κ2) is 6.48. The number of nitrogens with zero attached hydrogens (tertiary/aromatic N) is 3. The Morgan fingerprint density at radius 2 is 1.95 bits per heavy atom. The molecular weight excluding hydrogens is 280 g/mol. The minimum Gasteiger partial charge on any atom is -0.394 e. The minimum atomic E-state index is -0.452. The lowest BCUT2D eigenvalue weighted by Crippen LogP contribution is -2.36. The molecule has 22 heavy (non-hydrogen) atoms. The van der Waals surface area contributed by atoms with Gasteiger partial charge in [0.25, 0.3) is 0 Å². The second-order valence-electron chi connectivity index (χ2n) is 5.50. The first-order valence-electron chi connectivity index (χ1n) is 7.52. The molecule has 1 fully saturated rings. The fourth-order valence-corrected chi connectivity index (χ4v) is 2.78. The standard InChI is InChI=1S/C16H22N4O2/c1-19-15(10-18-16(19)14(17)11-21)12-2-4-13(5-3-12)20-6-8-22-9-7-20/h2-5,10,14,21H,6-9,11,17H2,1H3/t14-/m0/s1. The van der Waals surface area contributed by atoms with E-state index in [4.69, 9.17) is 10.5 Å². The number of morpholine rings is 1. The van der Waals surface area contributed by atoms with Crippen molar-refractivity contribution >= 4 is 5.69 Å². The first-order chi connectivity index (χ1) is 10.7. The largest absolute Gasteiger partial charge is 0.394 e. The van der Waals surface area contributed by atoms with E-state index in [0.29, 0.717) is 5.82 Å². The Balaban J connectivity index is 1.82. The molecule has 2 aromatic rings. The number of aliphatic hydroxyl groups excluding tert-OH is 1. The van der Waals surface area contributed by atoms with Crippen LogP contribution in [0.25, 0.3) is 11.3 Å². The average Bonchev–Trinajstić information content (AvgIpc) is 2.97. The van der Waals surface area contributed by atoms with Gasteiger partial charge in [0, 0.05) is 25.8 Å². The van der Waals surface area contributed by atoms with Gasteiger partial charge < -0.3 is 25.0 Å². The van der Waals surface area contributed by atoms with Crippen LogP contribution >= 0.6 is 0 Å². The van der Waals surface area contributed by atoms with Crippen molar-refractivity contribution in [3.8, 4) is 11.3 Å². The van der Waals surface area contributed by atoms with Gasteiger partial charge in [0.1, 0.15) is 5.82 Å². The summed E-state index contributed by atoms with van der Waals surface area (Å²) in [6.07, 6.45) is 1.80. The summed E-state index contributed by atoms with van der Waals surface area (Å²) < 4.78 is 7.32. The normalized spacial score (nSPS) is 16.8. The molecule has 1 aliphatic heterocycles. The smallest absolute Gasteiger partial charge is 0.128 e. The van der Waals surface area contributed by atoms with E-state index in [-0.39, 0.29) is 6.61 Å². The Kier molecular flexibility index (Phi) is 4.42. The zero-order chi connectivity index (χ0) is 15.5. The van der Waals surface area contributed by atoms with Crippen molar-refractivity contribution in [2.45, 2.75) is 6.04 Å². The van der Waals surface area contributed by atoms with Crippen LogP contribution in [0.5, 0.6) is 0 Å². The van der Waals surface area contributed by atoms with Crippen molar-refractivity contribution in [2.24, 2.45) is 12.8 Å². The Labute approximate surface area is 130 Å². The van der Waals surface area contributed by atoms with Gasteiger partial charge in [0.15, 0.2) is 0 Å². The highest BCUT2D eigenvalue weighted by Crippen LogP contribution is 2.25. The van der Waals surface area contributed by atoms with Crippen molar-refractivity contribution < 1.29 is 9.84 Å². The number of nitrogens with two attached hydrogens (primary N) is 1. The van der Waals surface area contributed by atoms with E-state index in [2.05, 4.69) is 34.1 Å². The summed E-state index contributed by atoms with van der Waals surface area (Å²) in [5, 5.41) is 9.18. The molecule has 1 aromatic heterocycles. The molecule has 0 saturated carbocycles. The number of aromatic nitrogens is 2. The summed E-state index contributed by atoms with van der Waals surface area (Å²) in [4.78, 5) is 6.65. The number of aliphatic hydroxyl groups is 1. The summed E-state index contributed by atoms with van der Waals surface area (Å²) in [7, 11) is 1.92. The molecule has 6 heteroatoms. The number of anilines is 1. The fourth-order valence-electron chi connectivity index (χ4n) is 2.78. The zero-order valence-electron chi connectivity index (χ0n) is 12.8. The Hall–Kier alpha value is -1.89. The molecule has 118 valence electrons. The highest BCUT2D eigenvalue weighted by molar-refractivity contribution is 5.63. The maximum Gasteiger partial charge on any atom is 0.128 e. The molecule has 0 bridgehead atoms. The maximum absolute atomic E-state index is 9.18. The van der Waals surface area contributed by atoms with E-state index in [1.54, 1.807) is 6.20 Å². The number of hydrogen-bond donors (Lipinski definition) is 2. The second-order valence-corrected chi connectivity index (χ2v) is 5.50. The van der Waals surface area contributed by atoms with E-state index < -0.39 is 6.04 Å². The van der Waals surface area contributed by atoms with Gasteiger partial charge in [-0.05, 0) is 17.7 Å². The molecule has 0 unspecified atom stereocenters. The van der Waals surface area contributed by atoms with Gasteiger partial charge in [-0.2, -0.15) is 0 Å². The lowest BCUT2D eigenvalue weighted by molar-refractivity contribution is 0.122. The molecule has 1 aliphatic rings. The third-order valence-electron chi connectivity index (χ3n) is 4.09. The van der Waals surface area contributed by atoms with Crippen LogP contribution in [-0.4, -0.2) is 47.6 Å². The number of benzene rings is 1.